The molecule has 0 radical (unpaired) electrons. The second-order valence-corrected chi connectivity index (χ2v) is 19.0. The van der Waals surface area contributed by atoms with E-state index in [9.17, 15) is 19.2 Å². The number of carbonyl (C=O) groups excluding carboxylic acids is 4. The molecule has 0 saturated carbocycles. The molecular formula is C51H97BN4O13. The minimum Gasteiger partial charge on any atom is -0.382 e. The van der Waals surface area contributed by atoms with Crippen LogP contribution in [-0.4, -0.2) is 161 Å². The Morgan fingerprint density at radius 3 is 1.49 bits per heavy atom. The van der Waals surface area contributed by atoms with E-state index in [0.29, 0.717) is 13.1 Å². The van der Waals surface area contributed by atoms with Gasteiger partial charge in [-0.2, -0.15) is 0 Å². The number of rotatable bonds is 41. The Morgan fingerprint density at radius 1 is 0.507 bits per heavy atom. The third-order valence-electron chi connectivity index (χ3n) is 13.6. The van der Waals surface area contributed by atoms with Crippen LogP contribution in [0.1, 0.15) is 162 Å². The van der Waals surface area contributed by atoms with Crippen LogP contribution in [0.15, 0.2) is 0 Å². The van der Waals surface area contributed by atoms with Crippen molar-refractivity contribution in [2.75, 3.05) is 68.9 Å². The molecule has 17 nitrogen and oxygen atoms in total. The predicted molar refractivity (Wildman–Crippen MR) is 269 cm³/mol. The fraction of sp³-hybridized carbons (Fsp3) is 0.922. The van der Waals surface area contributed by atoms with Crippen molar-refractivity contribution in [2.45, 2.75) is 230 Å². The van der Waals surface area contributed by atoms with E-state index in [-0.39, 0.29) is 63.2 Å². The van der Waals surface area contributed by atoms with Crippen LogP contribution in [0.25, 0.3) is 0 Å². The molecule has 402 valence electrons. The van der Waals surface area contributed by atoms with Crippen molar-refractivity contribution >= 4 is 30.9 Å². The molecule has 0 aromatic rings. The summed E-state index contributed by atoms with van der Waals surface area (Å²) in [6.07, 6.45) is 17.8. The molecule has 2 rings (SSSR count). The highest BCUT2D eigenvalue weighted by molar-refractivity contribution is 6.49. The number of methoxy groups -OCH3 is 6. The molecule has 4 unspecified atom stereocenters. The largest absolute Gasteiger partial charge is 0.382 e. The van der Waals surface area contributed by atoms with E-state index in [1.807, 2.05) is 6.92 Å². The van der Waals surface area contributed by atoms with E-state index in [0.717, 1.165) is 38.5 Å². The lowest BCUT2D eigenvalue weighted by molar-refractivity contribution is -0.358. The van der Waals surface area contributed by atoms with Crippen molar-refractivity contribution in [3.63, 3.8) is 0 Å². The van der Waals surface area contributed by atoms with Gasteiger partial charge in [0.2, 0.25) is 23.6 Å². The molecule has 0 bridgehead atoms. The van der Waals surface area contributed by atoms with Gasteiger partial charge in [0.25, 0.3) is 0 Å². The molecule has 18 heteroatoms. The summed E-state index contributed by atoms with van der Waals surface area (Å²) in [5, 5.41) is 11.7. The number of ether oxygens (including phenoxy) is 9. The average Bonchev–Trinajstić information content (AvgIpc) is 3.35. The zero-order chi connectivity index (χ0) is 50.7. The Kier molecular flexibility index (Phi) is 35.6. The Hall–Kier alpha value is -2.42. The molecule has 4 amide bonds. The summed E-state index contributed by atoms with van der Waals surface area (Å²) in [4.78, 5) is 52.9. The van der Waals surface area contributed by atoms with Crippen LogP contribution in [0.4, 0.5) is 0 Å². The highest BCUT2D eigenvalue weighted by Gasteiger charge is 2.52. The average molecular weight is 985 g/mol. The maximum atomic E-state index is 13.4. The molecule has 11 atom stereocenters. The third-order valence-corrected chi connectivity index (χ3v) is 13.6. The Balaban J connectivity index is 1.96. The van der Waals surface area contributed by atoms with Gasteiger partial charge < -0.3 is 63.9 Å². The molecule has 2 aliphatic rings. The Morgan fingerprint density at radius 2 is 0.986 bits per heavy atom. The molecule has 2 heterocycles. The van der Waals surface area contributed by atoms with Crippen molar-refractivity contribution in [3.8, 4) is 0 Å². The molecule has 0 aromatic carbocycles. The van der Waals surface area contributed by atoms with Crippen LogP contribution in [-0.2, 0) is 61.8 Å². The van der Waals surface area contributed by atoms with Gasteiger partial charge in [0.15, 0.2) is 19.9 Å². The molecule has 2 fully saturated rings. The van der Waals surface area contributed by atoms with Crippen LogP contribution in [0.3, 0.4) is 0 Å². The quantitative estimate of drug-likeness (QED) is 0.0407. The molecule has 4 N–H and O–H groups in total. The van der Waals surface area contributed by atoms with E-state index >= 15 is 0 Å². The molecule has 0 aliphatic carbocycles. The van der Waals surface area contributed by atoms with Gasteiger partial charge in [0.05, 0.1) is 24.8 Å². The minimum absolute atomic E-state index is 0.0960. The van der Waals surface area contributed by atoms with Gasteiger partial charge in [0.1, 0.15) is 30.5 Å². The number of hydrogen-bond donors (Lipinski definition) is 4. The summed E-state index contributed by atoms with van der Waals surface area (Å²) in [7, 11) is 9.46. The van der Waals surface area contributed by atoms with Crippen molar-refractivity contribution in [2.24, 2.45) is 5.92 Å². The summed E-state index contributed by atoms with van der Waals surface area (Å²) in [6.45, 7) is 7.76. The van der Waals surface area contributed by atoms with Crippen LogP contribution in [0.2, 0.25) is 6.32 Å². The fourth-order valence-corrected chi connectivity index (χ4v) is 9.40. The van der Waals surface area contributed by atoms with Gasteiger partial charge in [-0.05, 0) is 12.8 Å². The van der Waals surface area contributed by atoms with Crippen LogP contribution >= 0.6 is 0 Å². The number of nitrogens with one attached hydrogen (secondary N) is 4. The summed E-state index contributed by atoms with van der Waals surface area (Å²) in [5.74, 6) is -2.44. The first-order valence-corrected chi connectivity index (χ1v) is 26.7. The second-order valence-electron chi connectivity index (χ2n) is 19.0. The zero-order valence-electron chi connectivity index (χ0n) is 44.5. The summed E-state index contributed by atoms with van der Waals surface area (Å²) in [5.41, 5.74) is 0. The molecule has 2 aliphatic heterocycles. The number of unbranched alkanes of at least 4 members (excludes halogenated alkanes) is 18. The van der Waals surface area contributed by atoms with Crippen LogP contribution < -0.4 is 21.3 Å². The van der Waals surface area contributed by atoms with E-state index in [4.69, 9.17) is 42.6 Å². The topological polar surface area (TPSA) is 199 Å². The predicted octanol–water partition coefficient (Wildman–Crippen LogP) is 6.08. The first kappa shape index (κ1) is 62.7. The molecule has 2 saturated heterocycles. The maximum absolute atomic E-state index is 13.4. The lowest BCUT2D eigenvalue weighted by Gasteiger charge is -2.49. The van der Waals surface area contributed by atoms with Gasteiger partial charge in [-0.3, -0.25) is 19.2 Å². The SMILES string of the molecule is CCCCCCCCCCCCNC(=O)CB[C@H](NC(=O)CCC(=O)NCC1O[C@H](O[C@@H]2C(COC)O[C@H](OC)C(OC)[C@H]2OC)C(OC)[C@@H](OC)[C@@H]1C)C(=O)NCCCCCCCCCCCC. The van der Waals surface area contributed by atoms with Gasteiger partial charge in [0, 0.05) is 87.4 Å². The van der Waals surface area contributed by atoms with E-state index in [2.05, 4.69) is 35.1 Å². The lowest BCUT2D eigenvalue weighted by Crippen LogP contribution is -2.65. The summed E-state index contributed by atoms with van der Waals surface area (Å²) >= 11 is 0. The smallest absolute Gasteiger partial charge is 0.234 e. The number of amides is 4. The van der Waals surface area contributed by atoms with Crippen molar-refractivity contribution < 1.29 is 61.8 Å². The van der Waals surface area contributed by atoms with Crippen molar-refractivity contribution in [1.29, 1.82) is 0 Å². The molecular weight excluding hydrogens is 887 g/mol. The second kappa shape index (κ2) is 39.2. The Bertz CT molecular complexity index is 1360. The normalized spacial score (nSPS) is 25.2. The molecule has 0 spiro atoms. The van der Waals surface area contributed by atoms with Crippen LogP contribution in [0, 0.1) is 5.92 Å². The fourth-order valence-electron chi connectivity index (χ4n) is 9.40. The van der Waals surface area contributed by atoms with Crippen molar-refractivity contribution in [1.82, 2.24) is 21.3 Å². The standard InChI is InChI=1S/C51H97BN4O13/c1-10-12-14-16-18-20-22-24-26-28-32-53-42(59)34-52-48(49(60)54-33-29-27-25-23-21-19-17-15-13-11-2)56-41(58)31-30-40(57)55-35-38-37(3)43(62-5)46(64-7)51(67-38)69-44-39(36-61-4)68-50(66-9)47(65-8)45(44)63-6/h37-39,43-48,50-52H,10-36H2,1-9H3,(H,53,59)(H,54,60)(H,55,57)(H,56,58)/t37-,38?,39?,43+,44-,45+,46?,47?,48-,50+,51-/m1/s1. The highest BCUT2D eigenvalue weighted by Crippen LogP contribution is 2.35. The third kappa shape index (κ3) is 24.7. The summed E-state index contributed by atoms with van der Waals surface area (Å²) in [6, 6.07) is 0. The van der Waals surface area contributed by atoms with E-state index < -0.39 is 67.2 Å². The zero-order valence-corrected chi connectivity index (χ0v) is 44.5. The number of hydrogen-bond acceptors (Lipinski definition) is 13. The summed E-state index contributed by atoms with van der Waals surface area (Å²) < 4.78 is 53.7. The Labute approximate surface area is 417 Å². The number of carbonyl (C=O) groups is 4. The first-order valence-electron chi connectivity index (χ1n) is 26.7. The van der Waals surface area contributed by atoms with Gasteiger partial charge >= 0.3 is 0 Å². The monoisotopic (exact) mass is 985 g/mol. The highest BCUT2D eigenvalue weighted by atomic mass is 16.8. The minimum atomic E-state index is -0.971. The first-order chi connectivity index (χ1) is 33.5. The molecule has 69 heavy (non-hydrogen) atoms. The lowest BCUT2D eigenvalue weighted by atomic mass is 9.65. The van der Waals surface area contributed by atoms with E-state index in [1.54, 1.807) is 28.4 Å². The van der Waals surface area contributed by atoms with Gasteiger partial charge in [-0.25, -0.2) is 0 Å². The van der Waals surface area contributed by atoms with Crippen LogP contribution in [0.5, 0.6) is 0 Å². The van der Waals surface area contributed by atoms with Gasteiger partial charge in [-0.1, -0.05) is 136 Å². The van der Waals surface area contributed by atoms with E-state index in [1.165, 1.54) is 104 Å². The molecule has 0 aromatic heterocycles. The van der Waals surface area contributed by atoms with Crippen molar-refractivity contribution in [3.05, 3.63) is 0 Å². The maximum Gasteiger partial charge on any atom is 0.234 e. The van der Waals surface area contributed by atoms with Gasteiger partial charge in [-0.15, -0.1) is 0 Å².